The molecule has 0 aliphatic carbocycles. The number of methoxy groups -OCH3 is 1. The first-order chi connectivity index (χ1) is 7.24. The van der Waals surface area contributed by atoms with E-state index in [0.29, 0.717) is 22.6 Å². The third kappa shape index (κ3) is 1.80. The third-order valence-corrected chi connectivity index (χ3v) is 2.20. The molecule has 0 unspecified atom stereocenters. The first-order valence-electron chi connectivity index (χ1n) is 4.28. The number of fused-ring (bicyclic) bond motifs is 1. The van der Waals surface area contributed by atoms with Gasteiger partial charge in [0.25, 0.3) is 0 Å². The number of alkyl halides is 1. The Morgan fingerprint density at radius 2 is 2.40 bits per heavy atom. The smallest absolute Gasteiger partial charge is 0.337 e. The molecule has 0 N–H and O–H groups in total. The van der Waals surface area contributed by atoms with Gasteiger partial charge in [-0.3, -0.25) is 0 Å². The van der Waals surface area contributed by atoms with Crippen molar-refractivity contribution in [3.8, 4) is 0 Å². The molecule has 0 aliphatic heterocycles. The van der Waals surface area contributed by atoms with Gasteiger partial charge in [-0.05, 0) is 18.2 Å². The summed E-state index contributed by atoms with van der Waals surface area (Å²) in [6.45, 7) is 0. The summed E-state index contributed by atoms with van der Waals surface area (Å²) >= 11 is 5.58. The van der Waals surface area contributed by atoms with Gasteiger partial charge in [-0.15, -0.1) is 11.6 Å². The molecule has 15 heavy (non-hydrogen) atoms. The van der Waals surface area contributed by atoms with Gasteiger partial charge in [0.15, 0.2) is 5.58 Å². The number of halogens is 1. The molecule has 2 rings (SSSR count). The number of ether oxygens (including phenoxy) is 1. The lowest BCUT2D eigenvalue weighted by Crippen LogP contribution is -2.00. The van der Waals surface area contributed by atoms with Crippen LogP contribution in [-0.2, 0) is 10.6 Å². The van der Waals surface area contributed by atoms with Crippen LogP contribution < -0.4 is 0 Å². The van der Waals surface area contributed by atoms with Crippen LogP contribution in [0.2, 0.25) is 0 Å². The summed E-state index contributed by atoms with van der Waals surface area (Å²) in [4.78, 5) is 15.3. The van der Waals surface area contributed by atoms with Crippen molar-refractivity contribution in [3.63, 3.8) is 0 Å². The Morgan fingerprint density at radius 1 is 1.60 bits per heavy atom. The molecule has 0 aliphatic rings. The first kappa shape index (κ1) is 9.98. The van der Waals surface area contributed by atoms with E-state index in [1.807, 2.05) is 0 Å². The zero-order chi connectivity index (χ0) is 10.8. The number of nitrogens with zero attached hydrogens (tertiary/aromatic N) is 1. The molecule has 0 fully saturated rings. The summed E-state index contributed by atoms with van der Waals surface area (Å²) in [5.74, 6) is 0.253. The minimum absolute atomic E-state index is 0.211. The second kappa shape index (κ2) is 3.90. The average molecular weight is 226 g/mol. The van der Waals surface area contributed by atoms with Crippen molar-refractivity contribution in [1.29, 1.82) is 0 Å². The topological polar surface area (TPSA) is 52.3 Å². The van der Waals surface area contributed by atoms with Crippen molar-refractivity contribution in [2.75, 3.05) is 7.11 Å². The molecule has 0 amide bonds. The fraction of sp³-hybridized carbons (Fsp3) is 0.200. The minimum atomic E-state index is -0.396. The van der Waals surface area contributed by atoms with Crippen LogP contribution in [0.5, 0.6) is 0 Å². The number of carbonyl (C=O) groups excluding carboxylic acids is 1. The third-order valence-electron chi connectivity index (χ3n) is 1.97. The summed E-state index contributed by atoms with van der Waals surface area (Å²) in [5.41, 5.74) is 1.66. The monoisotopic (exact) mass is 225 g/mol. The van der Waals surface area contributed by atoms with Crippen LogP contribution in [0.3, 0.4) is 0 Å². The molecule has 0 bridgehead atoms. The number of hydrogen-bond acceptors (Lipinski definition) is 4. The van der Waals surface area contributed by atoms with Crippen molar-refractivity contribution in [2.24, 2.45) is 0 Å². The van der Waals surface area contributed by atoms with Gasteiger partial charge in [0.05, 0.1) is 18.6 Å². The molecular formula is C10H8ClNO3. The molecule has 5 heteroatoms. The Balaban J connectivity index is 2.50. The summed E-state index contributed by atoms with van der Waals surface area (Å²) in [5, 5.41) is 0. The summed E-state index contributed by atoms with van der Waals surface area (Å²) < 4.78 is 9.89. The van der Waals surface area contributed by atoms with E-state index in [9.17, 15) is 4.79 Å². The van der Waals surface area contributed by atoms with E-state index in [0.717, 1.165) is 0 Å². The minimum Gasteiger partial charge on any atom is -0.465 e. The first-order valence-corrected chi connectivity index (χ1v) is 4.82. The predicted molar refractivity (Wildman–Crippen MR) is 54.9 cm³/mol. The Kier molecular flexibility index (Phi) is 2.60. The van der Waals surface area contributed by atoms with Crippen molar-refractivity contribution < 1.29 is 13.9 Å². The molecule has 0 atom stereocenters. The molecule has 2 aromatic rings. The average Bonchev–Trinajstić information content (AvgIpc) is 2.69. The van der Waals surface area contributed by atoms with Crippen LogP contribution in [0.1, 0.15) is 16.2 Å². The van der Waals surface area contributed by atoms with E-state index in [-0.39, 0.29) is 5.88 Å². The highest BCUT2D eigenvalue weighted by Crippen LogP contribution is 2.18. The second-order valence-corrected chi connectivity index (χ2v) is 3.18. The predicted octanol–water partition coefficient (Wildman–Crippen LogP) is 2.35. The summed E-state index contributed by atoms with van der Waals surface area (Å²) in [6, 6.07) is 4.91. The van der Waals surface area contributed by atoms with Crippen LogP contribution in [0.15, 0.2) is 22.6 Å². The molecule has 78 valence electrons. The molecule has 0 radical (unpaired) electrons. The number of carbonyl (C=O) groups is 1. The van der Waals surface area contributed by atoms with Crippen molar-refractivity contribution in [3.05, 3.63) is 29.7 Å². The Morgan fingerprint density at radius 3 is 3.07 bits per heavy atom. The second-order valence-electron chi connectivity index (χ2n) is 2.92. The van der Waals surface area contributed by atoms with Gasteiger partial charge in [-0.25, -0.2) is 9.78 Å². The highest BCUT2D eigenvalue weighted by atomic mass is 35.5. The van der Waals surface area contributed by atoms with Crippen LogP contribution in [-0.4, -0.2) is 18.1 Å². The molecule has 1 heterocycles. The zero-order valence-corrected chi connectivity index (χ0v) is 8.75. The molecule has 1 aromatic heterocycles. The number of benzene rings is 1. The van der Waals surface area contributed by atoms with Crippen LogP contribution in [0, 0.1) is 0 Å². The van der Waals surface area contributed by atoms with E-state index in [1.54, 1.807) is 18.2 Å². The van der Waals surface area contributed by atoms with Gasteiger partial charge in [0.1, 0.15) is 5.52 Å². The quantitative estimate of drug-likeness (QED) is 0.582. The van der Waals surface area contributed by atoms with Gasteiger partial charge in [0, 0.05) is 0 Å². The largest absolute Gasteiger partial charge is 0.465 e. The van der Waals surface area contributed by atoms with Crippen molar-refractivity contribution >= 4 is 28.7 Å². The number of rotatable bonds is 2. The lowest BCUT2D eigenvalue weighted by Gasteiger charge is -1.96. The standard InChI is InChI=1S/C10H8ClNO3/c1-14-10(13)6-2-3-8-7(4-6)12-9(5-11)15-8/h2-4H,5H2,1H3. The van der Waals surface area contributed by atoms with Gasteiger partial charge < -0.3 is 9.15 Å². The lowest BCUT2D eigenvalue weighted by atomic mass is 10.2. The van der Waals surface area contributed by atoms with Gasteiger partial charge in [-0.1, -0.05) is 0 Å². The molecule has 0 spiro atoms. The number of hydrogen-bond donors (Lipinski definition) is 0. The van der Waals surface area contributed by atoms with Gasteiger partial charge in [0.2, 0.25) is 5.89 Å². The number of esters is 1. The summed E-state index contributed by atoms with van der Waals surface area (Å²) in [6.07, 6.45) is 0. The fourth-order valence-electron chi connectivity index (χ4n) is 1.28. The Hall–Kier alpha value is -1.55. The molecule has 0 saturated carbocycles. The van der Waals surface area contributed by atoms with E-state index >= 15 is 0 Å². The van der Waals surface area contributed by atoms with Crippen LogP contribution >= 0.6 is 11.6 Å². The van der Waals surface area contributed by atoms with Crippen molar-refractivity contribution in [2.45, 2.75) is 5.88 Å². The maximum atomic E-state index is 11.2. The zero-order valence-electron chi connectivity index (χ0n) is 7.99. The highest BCUT2D eigenvalue weighted by Gasteiger charge is 2.09. The number of oxazole rings is 1. The van der Waals surface area contributed by atoms with E-state index in [2.05, 4.69) is 9.72 Å². The molecule has 4 nitrogen and oxygen atoms in total. The van der Waals surface area contributed by atoms with Crippen molar-refractivity contribution in [1.82, 2.24) is 4.98 Å². The highest BCUT2D eigenvalue weighted by molar-refractivity contribution is 6.16. The summed E-state index contributed by atoms with van der Waals surface area (Å²) in [7, 11) is 1.33. The van der Waals surface area contributed by atoms with Crippen LogP contribution in [0.25, 0.3) is 11.1 Å². The molecule has 1 aromatic carbocycles. The van der Waals surface area contributed by atoms with E-state index in [4.69, 9.17) is 16.0 Å². The van der Waals surface area contributed by atoms with E-state index < -0.39 is 5.97 Å². The van der Waals surface area contributed by atoms with Gasteiger partial charge >= 0.3 is 5.97 Å². The normalized spacial score (nSPS) is 10.5. The van der Waals surface area contributed by atoms with E-state index in [1.165, 1.54) is 7.11 Å². The fourth-order valence-corrected chi connectivity index (χ4v) is 1.39. The molecule has 0 saturated heterocycles. The Labute approximate surface area is 90.8 Å². The lowest BCUT2D eigenvalue weighted by molar-refractivity contribution is 0.0601. The maximum absolute atomic E-state index is 11.2. The molecular weight excluding hydrogens is 218 g/mol. The maximum Gasteiger partial charge on any atom is 0.337 e. The van der Waals surface area contributed by atoms with Gasteiger partial charge in [-0.2, -0.15) is 0 Å². The number of aromatic nitrogens is 1. The van der Waals surface area contributed by atoms with Crippen LogP contribution in [0.4, 0.5) is 0 Å². The Bertz CT molecular complexity index is 506. The SMILES string of the molecule is COC(=O)c1ccc2oc(CCl)nc2c1.